The van der Waals surface area contributed by atoms with Crippen LogP contribution >= 0.6 is 0 Å². The summed E-state index contributed by atoms with van der Waals surface area (Å²) in [4.78, 5) is 15.4. The Morgan fingerprint density at radius 1 is 1.10 bits per heavy atom. The van der Waals surface area contributed by atoms with Gasteiger partial charge in [-0.3, -0.25) is 4.79 Å². The fraction of sp³-hybridized carbons (Fsp3) is 0.560. The average Bonchev–Trinajstić information content (AvgIpc) is 3.18. The topological polar surface area (TPSA) is 34.5 Å². The van der Waals surface area contributed by atoms with Gasteiger partial charge in [0.1, 0.15) is 5.75 Å². The predicted octanol–water partition coefficient (Wildman–Crippen LogP) is 5.89. The van der Waals surface area contributed by atoms with Gasteiger partial charge in [-0.1, -0.05) is 52.2 Å². The van der Waals surface area contributed by atoms with Gasteiger partial charge < -0.3 is 14.2 Å². The van der Waals surface area contributed by atoms with Gasteiger partial charge in [-0.05, 0) is 49.1 Å². The molecule has 1 heterocycles. The highest BCUT2D eigenvalue weighted by atomic mass is 16.5. The van der Waals surface area contributed by atoms with E-state index in [4.69, 9.17) is 4.74 Å². The van der Waals surface area contributed by atoms with E-state index >= 15 is 0 Å². The monoisotopic (exact) mass is 398 g/mol. The molecule has 4 nitrogen and oxygen atoms in total. The van der Waals surface area contributed by atoms with E-state index in [9.17, 15) is 4.79 Å². The third-order valence-corrected chi connectivity index (χ3v) is 5.60. The van der Waals surface area contributed by atoms with Crippen LogP contribution < -0.4 is 4.74 Å². The van der Waals surface area contributed by atoms with E-state index < -0.39 is 0 Å². The fourth-order valence-corrected chi connectivity index (χ4v) is 3.74. The SMILES string of the molecule is CCCC[C@H](CC)C(=O)N(CCCC)Cc1cccn1Cc1cccc(OC)c1. The lowest BCUT2D eigenvalue weighted by molar-refractivity contribution is -0.136. The molecule has 1 atom stereocenters. The van der Waals surface area contributed by atoms with Gasteiger partial charge in [0.15, 0.2) is 0 Å². The minimum absolute atomic E-state index is 0.147. The number of aromatic nitrogens is 1. The van der Waals surface area contributed by atoms with E-state index in [-0.39, 0.29) is 5.92 Å². The van der Waals surface area contributed by atoms with Crippen molar-refractivity contribution in [1.29, 1.82) is 0 Å². The molecule has 1 aromatic carbocycles. The molecule has 160 valence electrons. The maximum Gasteiger partial charge on any atom is 0.226 e. The predicted molar refractivity (Wildman–Crippen MR) is 120 cm³/mol. The molecule has 0 spiro atoms. The van der Waals surface area contributed by atoms with E-state index in [1.165, 1.54) is 11.3 Å². The summed E-state index contributed by atoms with van der Waals surface area (Å²) in [6.45, 7) is 8.81. The number of carbonyl (C=O) groups is 1. The molecule has 2 aromatic rings. The van der Waals surface area contributed by atoms with Crippen LogP contribution in [-0.4, -0.2) is 29.0 Å². The second kappa shape index (κ2) is 12.4. The van der Waals surface area contributed by atoms with E-state index in [0.29, 0.717) is 12.5 Å². The molecular formula is C25H38N2O2. The number of benzene rings is 1. The van der Waals surface area contributed by atoms with Crippen LogP contribution in [0.25, 0.3) is 0 Å². The molecule has 0 unspecified atom stereocenters. The number of nitrogens with zero attached hydrogens (tertiary/aromatic N) is 2. The number of unbranched alkanes of at least 4 members (excludes halogenated alkanes) is 2. The van der Waals surface area contributed by atoms with Crippen LogP contribution in [0.2, 0.25) is 0 Å². The van der Waals surface area contributed by atoms with Crippen molar-refractivity contribution < 1.29 is 9.53 Å². The Hall–Kier alpha value is -2.23. The molecule has 0 fully saturated rings. The van der Waals surface area contributed by atoms with Gasteiger partial charge >= 0.3 is 0 Å². The van der Waals surface area contributed by atoms with Gasteiger partial charge in [-0.25, -0.2) is 0 Å². The smallest absolute Gasteiger partial charge is 0.226 e. The van der Waals surface area contributed by atoms with Gasteiger partial charge in [-0.2, -0.15) is 0 Å². The molecule has 0 aliphatic rings. The largest absolute Gasteiger partial charge is 0.497 e. The Labute approximate surface area is 176 Å². The van der Waals surface area contributed by atoms with E-state index in [1.54, 1.807) is 7.11 Å². The molecule has 0 radical (unpaired) electrons. The van der Waals surface area contributed by atoms with Gasteiger partial charge in [0.2, 0.25) is 5.91 Å². The quantitative estimate of drug-likeness (QED) is 0.421. The number of carbonyl (C=O) groups excluding carboxylic acids is 1. The van der Waals surface area contributed by atoms with E-state index in [1.807, 2.05) is 12.1 Å². The molecule has 0 N–H and O–H groups in total. The summed E-state index contributed by atoms with van der Waals surface area (Å²) in [5, 5.41) is 0. The summed E-state index contributed by atoms with van der Waals surface area (Å²) in [6, 6.07) is 12.4. The molecule has 29 heavy (non-hydrogen) atoms. The molecule has 0 aliphatic carbocycles. The number of hydrogen-bond donors (Lipinski definition) is 0. The number of hydrogen-bond acceptors (Lipinski definition) is 2. The third kappa shape index (κ3) is 6.95. The van der Waals surface area contributed by atoms with Crippen molar-refractivity contribution in [3.63, 3.8) is 0 Å². The zero-order valence-electron chi connectivity index (χ0n) is 18.7. The van der Waals surface area contributed by atoms with E-state index in [0.717, 1.165) is 57.4 Å². The second-order valence-electron chi connectivity index (χ2n) is 7.84. The summed E-state index contributed by atoms with van der Waals surface area (Å²) in [5.74, 6) is 1.34. The Kier molecular flexibility index (Phi) is 9.82. The minimum atomic E-state index is 0.147. The van der Waals surface area contributed by atoms with Crippen molar-refractivity contribution in [2.75, 3.05) is 13.7 Å². The maximum atomic E-state index is 13.3. The first-order valence-corrected chi connectivity index (χ1v) is 11.2. The Morgan fingerprint density at radius 3 is 2.59 bits per heavy atom. The molecule has 2 rings (SSSR count). The standard InChI is InChI=1S/C25H38N2O2/c1-5-8-13-22(7-3)25(28)27(16-9-6-2)20-23-14-11-17-26(23)19-21-12-10-15-24(18-21)29-4/h10-12,14-15,17-18,22H,5-9,13,16,19-20H2,1-4H3/t22-/m0/s1. The van der Waals surface area contributed by atoms with Crippen LogP contribution in [0.3, 0.4) is 0 Å². The number of amides is 1. The summed E-state index contributed by atoms with van der Waals surface area (Å²) < 4.78 is 7.60. The van der Waals surface area contributed by atoms with Crippen LogP contribution in [-0.2, 0) is 17.9 Å². The molecule has 0 saturated carbocycles. The first-order valence-electron chi connectivity index (χ1n) is 11.2. The molecule has 1 aromatic heterocycles. The molecule has 0 aliphatic heterocycles. The van der Waals surface area contributed by atoms with Crippen LogP contribution in [0.1, 0.15) is 70.6 Å². The molecule has 1 amide bonds. The highest BCUT2D eigenvalue weighted by Crippen LogP contribution is 2.20. The van der Waals surface area contributed by atoms with Gasteiger partial charge in [0, 0.05) is 30.9 Å². The first-order chi connectivity index (χ1) is 14.1. The van der Waals surface area contributed by atoms with Crippen LogP contribution in [0.15, 0.2) is 42.6 Å². The number of ether oxygens (including phenoxy) is 1. The highest BCUT2D eigenvalue weighted by molar-refractivity contribution is 5.78. The van der Waals surface area contributed by atoms with Crippen molar-refractivity contribution in [1.82, 2.24) is 9.47 Å². The summed E-state index contributed by atoms with van der Waals surface area (Å²) in [6.07, 6.45) is 8.43. The summed E-state index contributed by atoms with van der Waals surface area (Å²) in [7, 11) is 1.69. The molecule has 0 saturated heterocycles. The highest BCUT2D eigenvalue weighted by Gasteiger charge is 2.23. The molecule has 0 bridgehead atoms. The molecule has 4 heteroatoms. The second-order valence-corrected chi connectivity index (χ2v) is 7.84. The first kappa shape index (κ1) is 23.1. The van der Waals surface area contributed by atoms with Crippen molar-refractivity contribution in [3.05, 3.63) is 53.9 Å². The van der Waals surface area contributed by atoms with Crippen molar-refractivity contribution in [3.8, 4) is 5.75 Å². The number of rotatable bonds is 13. The average molecular weight is 399 g/mol. The van der Waals surface area contributed by atoms with Crippen molar-refractivity contribution in [2.24, 2.45) is 5.92 Å². The van der Waals surface area contributed by atoms with Crippen molar-refractivity contribution >= 4 is 5.91 Å². The van der Waals surface area contributed by atoms with Gasteiger partial charge in [0.25, 0.3) is 0 Å². The van der Waals surface area contributed by atoms with Crippen molar-refractivity contribution in [2.45, 2.75) is 72.4 Å². The number of methoxy groups -OCH3 is 1. The fourth-order valence-electron chi connectivity index (χ4n) is 3.74. The van der Waals surface area contributed by atoms with Crippen LogP contribution in [0.4, 0.5) is 0 Å². The Balaban J connectivity index is 2.14. The zero-order valence-corrected chi connectivity index (χ0v) is 18.7. The Bertz CT molecular complexity index is 738. The van der Waals surface area contributed by atoms with Gasteiger partial charge in [0.05, 0.1) is 13.7 Å². The lowest BCUT2D eigenvalue weighted by atomic mass is 9.97. The van der Waals surface area contributed by atoms with Gasteiger partial charge in [-0.15, -0.1) is 0 Å². The minimum Gasteiger partial charge on any atom is -0.497 e. The lowest BCUT2D eigenvalue weighted by Gasteiger charge is -2.27. The zero-order chi connectivity index (χ0) is 21.1. The summed E-state index contributed by atoms with van der Waals surface area (Å²) >= 11 is 0. The lowest BCUT2D eigenvalue weighted by Crippen LogP contribution is -2.37. The summed E-state index contributed by atoms with van der Waals surface area (Å²) in [5.41, 5.74) is 2.38. The normalized spacial score (nSPS) is 12.0. The van der Waals surface area contributed by atoms with Crippen LogP contribution in [0, 0.1) is 5.92 Å². The van der Waals surface area contributed by atoms with E-state index in [2.05, 4.69) is 60.7 Å². The van der Waals surface area contributed by atoms with Crippen LogP contribution in [0.5, 0.6) is 5.75 Å². The maximum absolute atomic E-state index is 13.3. The molecular weight excluding hydrogens is 360 g/mol. The Morgan fingerprint density at radius 2 is 1.90 bits per heavy atom. The third-order valence-electron chi connectivity index (χ3n) is 5.60.